The van der Waals surface area contributed by atoms with Crippen LogP contribution < -0.4 is 10.5 Å². The third-order valence-corrected chi connectivity index (χ3v) is 3.82. The molecule has 5 nitrogen and oxygen atoms in total. The second-order valence-corrected chi connectivity index (χ2v) is 5.71. The lowest BCUT2D eigenvalue weighted by atomic mass is 10.1. The molecule has 0 radical (unpaired) electrons. The van der Waals surface area contributed by atoms with E-state index in [9.17, 15) is 4.79 Å². The standard InChI is InChI=1S/C13H20N4OS/c1-16(2)11-7-17(8-11)9-13(18)15-10-4-3-5-12(6-10)19-14/h3-6,11H,7-9,14H2,1-2H3,(H,15,18). The Morgan fingerprint density at radius 1 is 1.53 bits per heavy atom. The molecule has 1 aromatic rings. The zero-order chi connectivity index (χ0) is 13.8. The Bertz CT molecular complexity index is 446. The molecule has 6 heteroatoms. The second kappa shape index (κ2) is 6.38. The van der Waals surface area contributed by atoms with Crippen molar-refractivity contribution in [2.24, 2.45) is 5.14 Å². The van der Waals surface area contributed by atoms with Gasteiger partial charge in [-0.3, -0.25) is 14.8 Å². The van der Waals surface area contributed by atoms with Crippen molar-refractivity contribution in [2.75, 3.05) is 39.0 Å². The first-order valence-corrected chi connectivity index (χ1v) is 7.12. The molecule has 0 aromatic heterocycles. The van der Waals surface area contributed by atoms with E-state index in [1.165, 1.54) is 11.9 Å². The number of nitrogens with zero attached hydrogens (tertiary/aromatic N) is 2. The number of carbonyl (C=O) groups is 1. The van der Waals surface area contributed by atoms with Gasteiger partial charge in [-0.2, -0.15) is 0 Å². The number of nitrogens with two attached hydrogens (primary N) is 1. The third-order valence-electron chi connectivity index (χ3n) is 3.29. The number of hydrogen-bond donors (Lipinski definition) is 2. The lowest BCUT2D eigenvalue weighted by molar-refractivity contribution is -0.119. The summed E-state index contributed by atoms with van der Waals surface area (Å²) in [6.07, 6.45) is 0. The molecule has 3 N–H and O–H groups in total. The van der Waals surface area contributed by atoms with Crippen LogP contribution in [0.4, 0.5) is 5.69 Å². The molecule has 1 aromatic carbocycles. The van der Waals surface area contributed by atoms with Gasteiger partial charge >= 0.3 is 0 Å². The van der Waals surface area contributed by atoms with E-state index in [0.29, 0.717) is 12.6 Å². The van der Waals surface area contributed by atoms with E-state index >= 15 is 0 Å². The second-order valence-electron chi connectivity index (χ2n) is 5.01. The first-order valence-electron chi connectivity index (χ1n) is 6.24. The normalized spacial score (nSPS) is 16.4. The Morgan fingerprint density at radius 3 is 2.89 bits per heavy atom. The summed E-state index contributed by atoms with van der Waals surface area (Å²) in [5, 5.41) is 8.39. The number of amides is 1. The molecule has 0 saturated carbocycles. The zero-order valence-corrected chi connectivity index (χ0v) is 12.1. The summed E-state index contributed by atoms with van der Waals surface area (Å²) in [5.41, 5.74) is 0.796. The minimum absolute atomic E-state index is 0.0244. The SMILES string of the molecule is CN(C)C1CN(CC(=O)Nc2cccc(SN)c2)C1. The summed E-state index contributed by atoms with van der Waals surface area (Å²) in [6, 6.07) is 8.12. The van der Waals surface area contributed by atoms with E-state index in [-0.39, 0.29) is 5.91 Å². The highest BCUT2D eigenvalue weighted by Crippen LogP contribution is 2.17. The van der Waals surface area contributed by atoms with Gasteiger partial charge in [0.2, 0.25) is 5.91 Å². The molecule has 19 heavy (non-hydrogen) atoms. The molecule has 1 aliphatic heterocycles. The predicted molar refractivity (Wildman–Crippen MR) is 79.0 cm³/mol. The lowest BCUT2D eigenvalue weighted by Crippen LogP contribution is -2.58. The largest absolute Gasteiger partial charge is 0.325 e. The van der Waals surface area contributed by atoms with Gasteiger partial charge in [0.15, 0.2) is 0 Å². The van der Waals surface area contributed by atoms with E-state index in [1.54, 1.807) is 0 Å². The molecule has 0 unspecified atom stereocenters. The van der Waals surface area contributed by atoms with E-state index in [4.69, 9.17) is 5.14 Å². The predicted octanol–water partition coefficient (Wildman–Crippen LogP) is 0.837. The summed E-state index contributed by atoms with van der Waals surface area (Å²) in [7, 11) is 4.14. The average molecular weight is 280 g/mol. The van der Waals surface area contributed by atoms with Gasteiger partial charge in [-0.05, 0) is 44.2 Å². The van der Waals surface area contributed by atoms with Crippen LogP contribution in [0.25, 0.3) is 0 Å². The van der Waals surface area contributed by atoms with Gasteiger partial charge in [0, 0.05) is 29.7 Å². The van der Waals surface area contributed by atoms with Crippen molar-refractivity contribution in [3.63, 3.8) is 0 Å². The summed E-state index contributed by atoms with van der Waals surface area (Å²) in [6.45, 7) is 2.36. The molecule has 0 aliphatic carbocycles. The highest BCUT2D eigenvalue weighted by Gasteiger charge is 2.29. The van der Waals surface area contributed by atoms with E-state index < -0.39 is 0 Å². The Labute approximate surface area is 118 Å². The molecule has 1 aliphatic rings. The number of nitrogens with one attached hydrogen (secondary N) is 1. The number of benzene rings is 1. The van der Waals surface area contributed by atoms with Crippen LogP contribution in [0.15, 0.2) is 29.2 Å². The van der Waals surface area contributed by atoms with Crippen LogP contribution in [0.3, 0.4) is 0 Å². The fourth-order valence-electron chi connectivity index (χ4n) is 2.05. The van der Waals surface area contributed by atoms with Crippen LogP contribution in [-0.2, 0) is 4.79 Å². The Hall–Kier alpha value is -1.08. The van der Waals surface area contributed by atoms with Gasteiger partial charge in [0.25, 0.3) is 0 Å². The summed E-state index contributed by atoms with van der Waals surface area (Å²) < 4.78 is 0. The van der Waals surface area contributed by atoms with Gasteiger partial charge in [-0.1, -0.05) is 6.07 Å². The number of carbonyl (C=O) groups excluding carboxylic acids is 1. The minimum atomic E-state index is 0.0244. The average Bonchev–Trinajstić information content (AvgIpc) is 2.33. The van der Waals surface area contributed by atoms with Crippen LogP contribution in [-0.4, -0.2) is 55.5 Å². The molecule has 104 valence electrons. The molecule has 0 bridgehead atoms. The maximum atomic E-state index is 11.9. The van der Waals surface area contributed by atoms with Gasteiger partial charge in [-0.25, -0.2) is 0 Å². The number of likely N-dealkylation sites (tertiary alicyclic amines) is 1. The fourth-order valence-corrected chi connectivity index (χ4v) is 2.40. The molecule has 1 saturated heterocycles. The van der Waals surface area contributed by atoms with Crippen molar-refractivity contribution < 1.29 is 4.79 Å². The Kier molecular flexibility index (Phi) is 4.81. The van der Waals surface area contributed by atoms with Crippen molar-refractivity contribution in [2.45, 2.75) is 10.9 Å². The molecule has 1 amide bonds. The highest BCUT2D eigenvalue weighted by molar-refractivity contribution is 7.97. The van der Waals surface area contributed by atoms with Gasteiger partial charge < -0.3 is 10.2 Å². The van der Waals surface area contributed by atoms with E-state index in [1.807, 2.05) is 24.3 Å². The zero-order valence-electron chi connectivity index (χ0n) is 11.3. The van der Waals surface area contributed by atoms with Crippen LogP contribution in [0, 0.1) is 0 Å². The van der Waals surface area contributed by atoms with Crippen molar-refractivity contribution in [3.05, 3.63) is 24.3 Å². The van der Waals surface area contributed by atoms with Crippen LogP contribution in [0.5, 0.6) is 0 Å². The number of rotatable bonds is 5. The van der Waals surface area contributed by atoms with Crippen LogP contribution >= 0.6 is 11.9 Å². The maximum Gasteiger partial charge on any atom is 0.238 e. The van der Waals surface area contributed by atoms with Crippen molar-refractivity contribution in [1.82, 2.24) is 9.80 Å². The van der Waals surface area contributed by atoms with E-state index in [2.05, 4.69) is 29.2 Å². The molecule has 1 heterocycles. The number of hydrogen-bond acceptors (Lipinski definition) is 5. The minimum Gasteiger partial charge on any atom is -0.325 e. The first-order chi connectivity index (χ1) is 9.08. The first kappa shape index (κ1) is 14.3. The molecule has 1 fully saturated rings. The van der Waals surface area contributed by atoms with Gasteiger partial charge in [0.05, 0.1) is 6.54 Å². The highest BCUT2D eigenvalue weighted by atomic mass is 32.2. The summed E-state index contributed by atoms with van der Waals surface area (Å²) in [5.74, 6) is 0.0244. The summed E-state index contributed by atoms with van der Waals surface area (Å²) >= 11 is 1.18. The smallest absolute Gasteiger partial charge is 0.238 e. The monoisotopic (exact) mass is 280 g/mol. The maximum absolute atomic E-state index is 11.9. The molecule has 0 atom stereocenters. The topological polar surface area (TPSA) is 61.6 Å². The number of anilines is 1. The quantitative estimate of drug-likeness (QED) is 0.783. The molecule has 0 spiro atoms. The lowest BCUT2D eigenvalue weighted by Gasteiger charge is -2.42. The molecule has 2 rings (SSSR count). The van der Waals surface area contributed by atoms with Crippen LogP contribution in [0.1, 0.15) is 0 Å². The fraction of sp³-hybridized carbons (Fsp3) is 0.462. The van der Waals surface area contributed by atoms with Crippen molar-refractivity contribution in [1.29, 1.82) is 0 Å². The molecular weight excluding hydrogens is 260 g/mol. The Morgan fingerprint density at radius 2 is 2.26 bits per heavy atom. The van der Waals surface area contributed by atoms with Crippen molar-refractivity contribution >= 4 is 23.5 Å². The summed E-state index contributed by atoms with van der Waals surface area (Å²) in [4.78, 5) is 17.2. The van der Waals surface area contributed by atoms with Crippen LogP contribution in [0.2, 0.25) is 0 Å². The van der Waals surface area contributed by atoms with Gasteiger partial charge in [-0.15, -0.1) is 0 Å². The van der Waals surface area contributed by atoms with E-state index in [0.717, 1.165) is 23.7 Å². The van der Waals surface area contributed by atoms with Gasteiger partial charge in [0.1, 0.15) is 0 Å². The Balaban J connectivity index is 1.79. The molecular formula is C13H20N4OS. The third kappa shape index (κ3) is 3.94. The number of likely N-dealkylation sites (N-methyl/N-ethyl adjacent to an activating group) is 1. The van der Waals surface area contributed by atoms with Crippen molar-refractivity contribution in [3.8, 4) is 0 Å².